The highest BCUT2D eigenvalue weighted by atomic mass is 32.1. The fraction of sp³-hybridized carbons (Fsp3) is 0.545. The molecule has 15 heavy (non-hydrogen) atoms. The van der Waals surface area contributed by atoms with E-state index in [0.29, 0.717) is 0 Å². The van der Waals surface area contributed by atoms with Gasteiger partial charge in [0.1, 0.15) is 0 Å². The van der Waals surface area contributed by atoms with Gasteiger partial charge in [-0.15, -0.1) is 0 Å². The lowest BCUT2D eigenvalue weighted by Gasteiger charge is -2.10. The largest absolute Gasteiger partial charge is 0.354 e. The summed E-state index contributed by atoms with van der Waals surface area (Å²) in [6.45, 7) is 1.72. The summed E-state index contributed by atoms with van der Waals surface area (Å²) in [7, 11) is 0. The molecule has 0 aliphatic carbocycles. The normalized spacial score (nSPS) is 20.4. The van der Waals surface area contributed by atoms with Gasteiger partial charge in [0, 0.05) is 6.54 Å². The SMILES string of the molecule is O=C(NCCc1ccsc1)[C@@H]1CCCN1. The van der Waals surface area contributed by atoms with Crippen LogP contribution in [0.25, 0.3) is 0 Å². The zero-order chi connectivity index (χ0) is 10.5. The van der Waals surface area contributed by atoms with E-state index in [1.54, 1.807) is 11.3 Å². The summed E-state index contributed by atoms with van der Waals surface area (Å²) in [6, 6.07) is 2.15. The minimum Gasteiger partial charge on any atom is -0.354 e. The Morgan fingerprint density at radius 2 is 2.60 bits per heavy atom. The molecule has 1 amide bonds. The summed E-state index contributed by atoms with van der Waals surface area (Å²) in [5, 5.41) is 10.3. The molecule has 82 valence electrons. The third-order valence-corrected chi connectivity index (χ3v) is 3.40. The first-order valence-electron chi connectivity index (χ1n) is 5.38. The van der Waals surface area contributed by atoms with E-state index in [1.165, 1.54) is 5.56 Å². The van der Waals surface area contributed by atoms with Crippen molar-refractivity contribution in [3.63, 3.8) is 0 Å². The Labute approximate surface area is 93.9 Å². The van der Waals surface area contributed by atoms with Crippen LogP contribution < -0.4 is 10.6 Å². The third kappa shape index (κ3) is 3.04. The molecule has 1 atom stereocenters. The van der Waals surface area contributed by atoms with Crippen molar-refractivity contribution < 1.29 is 4.79 Å². The first kappa shape index (κ1) is 10.6. The van der Waals surface area contributed by atoms with Crippen LogP contribution in [0.2, 0.25) is 0 Å². The van der Waals surface area contributed by atoms with Gasteiger partial charge in [0.15, 0.2) is 0 Å². The summed E-state index contributed by atoms with van der Waals surface area (Å²) in [5.74, 6) is 0.155. The van der Waals surface area contributed by atoms with Gasteiger partial charge in [-0.3, -0.25) is 4.79 Å². The smallest absolute Gasteiger partial charge is 0.237 e. The number of carbonyl (C=O) groups is 1. The number of rotatable bonds is 4. The zero-order valence-electron chi connectivity index (χ0n) is 8.66. The monoisotopic (exact) mass is 224 g/mol. The molecule has 0 bridgehead atoms. The predicted octanol–water partition coefficient (Wildman–Crippen LogP) is 1.16. The molecule has 0 radical (unpaired) electrons. The van der Waals surface area contributed by atoms with Gasteiger partial charge in [-0.05, 0) is 48.2 Å². The molecule has 1 aliphatic rings. The zero-order valence-corrected chi connectivity index (χ0v) is 9.48. The number of carbonyl (C=O) groups excluding carboxylic acids is 1. The molecule has 1 aromatic heterocycles. The lowest BCUT2D eigenvalue weighted by atomic mass is 10.2. The number of hydrogen-bond donors (Lipinski definition) is 2. The Morgan fingerprint density at radius 3 is 3.27 bits per heavy atom. The van der Waals surface area contributed by atoms with Gasteiger partial charge in [-0.2, -0.15) is 11.3 Å². The van der Waals surface area contributed by atoms with Gasteiger partial charge in [0.25, 0.3) is 0 Å². The highest BCUT2D eigenvalue weighted by molar-refractivity contribution is 7.07. The lowest BCUT2D eigenvalue weighted by molar-refractivity contribution is -0.122. The van der Waals surface area contributed by atoms with Gasteiger partial charge in [-0.1, -0.05) is 0 Å². The van der Waals surface area contributed by atoms with E-state index in [4.69, 9.17) is 0 Å². The Balaban J connectivity index is 1.67. The summed E-state index contributed by atoms with van der Waals surface area (Å²) in [5.41, 5.74) is 1.31. The minimum absolute atomic E-state index is 0.0486. The predicted molar refractivity (Wildman–Crippen MR) is 62.1 cm³/mol. The molecule has 0 aromatic carbocycles. The minimum atomic E-state index is 0.0486. The van der Waals surface area contributed by atoms with Crippen molar-refractivity contribution in [2.75, 3.05) is 13.1 Å². The quantitative estimate of drug-likeness (QED) is 0.806. The molecular formula is C11H16N2OS. The molecule has 1 aromatic rings. The van der Waals surface area contributed by atoms with Crippen molar-refractivity contribution in [2.45, 2.75) is 25.3 Å². The second kappa shape index (κ2) is 5.28. The highest BCUT2D eigenvalue weighted by Crippen LogP contribution is 2.07. The van der Waals surface area contributed by atoms with Crippen molar-refractivity contribution in [2.24, 2.45) is 0 Å². The van der Waals surface area contributed by atoms with Crippen LogP contribution in [0.4, 0.5) is 0 Å². The van der Waals surface area contributed by atoms with Crippen molar-refractivity contribution in [3.8, 4) is 0 Å². The Kier molecular flexibility index (Phi) is 3.75. The van der Waals surface area contributed by atoms with Crippen molar-refractivity contribution in [3.05, 3.63) is 22.4 Å². The molecule has 4 heteroatoms. The average Bonchev–Trinajstić information content (AvgIpc) is 2.90. The average molecular weight is 224 g/mol. The van der Waals surface area contributed by atoms with E-state index in [2.05, 4.69) is 27.5 Å². The fourth-order valence-electron chi connectivity index (χ4n) is 1.80. The Morgan fingerprint density at radius 1 is 1.67 bits per heavy atom. The van der Waals surface area contributed by atoms with E-state index in [0.717, 1.165) is 32.4 Å². The number of hydrogen-bond acceptors (Lipinski definition) is 3. The van der Waals surface area contributed by atoms with Crippen LogP contribution in [-0.4, -0.2) is 25.0 Å². The van der Waals surface area contributed by atoms with Crippen LogP contribution in [0.15, 0.2) is 16.8 Å². The summed E-state index contributed by atoms with van der Waals surface area (Å²) >= 11 is 1.70. The molecular weight excluding hydrogens is 208 g/mol. The van der Waals surface area contributed by atoms with E-state index in [1.807, 2.05) is 0 Å². The maximum absolute atomic E-state index is 11.6. The number of nitrogens with one attached hydrogen (secondary N) is 2. The van der Waals surface area contributed by atoms with E-state index < -0.39 is 0 Å². The maximum Gasteiger partial charge on any atom is 0.237 e. The van der Waals surface area contributed by atoms with Crippen LogP contribution in [-0.2, 0) is 11.2 Å². The van der Waals surface area contributed by atoms with Crippen LogP contribution in [0.3, 0.4) is 0 Å². The van der Waals surface area contributed by atoms with Gasteiger partial charge < -0.3 is 10.6 Å². The summed E-state index contributed by atoms with van der Waals surface area (Å²) < 4.78 is 0. The summed E-state index contributed by atoms with van der Waals surface area (Å²) in [6.07, 6.45) is 3.02. The lowest BCUT2D eigenvalue weighted by Crippen LogP contribution is -2.41. The molecule has 1 fully saturated rings. The van der Waals surface area contributed by atoms with Gasteiger partial charge >= 0.3 is 0 Å². The molecule has 2 heterocycles. The van der Waals surface area contributed by atoms with E-state index in [9.17, 15) is 4.79 Å². The molecule has 1 aliphatic heterocycles. The second-order valence-electron chi connectivity index (χ2n) is 3.82. The van der Waals surface area contributed by atoms with Gasteiger partial charge in [0.2, 0.25) is 5.91 Å². The number of amides is 1. The number of thiophene rings is 1. The Bertz CT molecular complexity index is 304. The molecule has 0 saturated carbocycles. The molecule has 2 N–H and O–H groups in total. The van der Waals surface area contributed by atoms with E-state index >= 15 is 0 Å². The van der Waals surface area contributed by atoms with Crippen LogP contribution in [0, 0.1) is 0 Å². The first-order valence-corrected chi connectivity index (χ1v) is 6.33. The first-order chi connectivity index (χ1) is 7.36. The molecule has 0 unspecified atom stereocenters. The highest BCUT2D eigenvalue weighted by Gasteiger charge is 2.20. The molecule has 1 saturated heterocycles. The molecule has 2 rings (SSSR count). The van der Waals surface area contributed by atoms with Crippen LogP contribution in [0.5, 0.6) is 0 Å². The van der Waals surface area contributed by atoms with Crippen molar-refractivity contribution in [1.82, 2.24) is 10.6 Å². The molecule has 3 nitrogen and oxygen atoms in total. The fourth-order valence-corrected chi connectivity index (χ4v) is 2.50. The van der Waals surface area contributed by atoms with Crippen LogP contribution in [0.1, 0.15) is 18.4 Å². The molecule has 0 spiro atoms. The third-order valence-electron chi connectivity index (χ3n) is 2.67. The van der Waals surface area contributed by atoms with Crippen molar-refractivity contribution in [1.29, 1.82) is 0 Å². The van der Waals surface area contributed by atoms with Crippen molar-refractivity contribution >= 4 is 17.2 Å². The maximum atomic E-state index is 11.6. The van der Waals surface area contributed by atoms with E-state index in [-0.39, 0.29) is 11.9 Å². The second-order valence-corrected chi connectivity index (χ2v) is 4.60. The summed E-state index contributed by atoms with van der Waals surface area (Å²) in [4.78, 5) is 11.6. The Hall–Kier alpha value is -0.870. The van der Waals surface area contributed by atoms with Gasteiger partial charge in [-0.25, -0.2) is 0 Å². The topological polar surface area (TPSA) is 41.1 Å². The van der Waals surface area contributed by atoms with Gasteiger partial charge in [0.05, 0.1) is 6.04 Å². The standard InChI is InChI=1S/C11H16N2OS/c14-11(10-2-1-5-12-10)13-6-3-9-4-7-15-8-9/h4,7-8,10,12H,1-3,5-6H2,(H,13,14)/t10-/m0/s1. The van der Waals surface area contributed by atoms with Crippen LogP contribution >= 0.6 is 11.3 Å².